The summed E-state index contributed by atoms with van der Waals surface area (Å²) in [6.45, 7) is 5.35. The summed E-state index contributed by atoms with van der Waals surface area (Å²) in [5, 5.41) is 19.9. The van der Waals surface area contributed by atoms with E-state index in [1.165, 1.54) is 6.20 Å². The Bertz CT molecular complexity index is 1390. The lowest BCUT2D eigenvalue weighted by atomic mass is 10.1. The minimum atomic E-state index is -4.05. The van der Waals surface area contributed by atoms with E-state index >= 15 is 0 Å². The van der Waals surface area contributed by atoms with E-state index in [-0.39, 0.29) is 31.4 Å². The number of fused-ring (bicyclic) bond motifs is 1. The minimum absolute atomic E-state index is 0. The molecule has 1 saturated heterocycles. The summed E-state index contributed by atoms with van der Waals surface area (Å²) >= 11 is 0. The number of piperazine rings is 1. The predicted octanol–water partition coefficient (Wildman–Crippen LogP) is 2.94. The smallest absolute Gasteiger partial charge is 0.314 e. The van der Waals surface area contributed by atoms with Gasteiger partial charge in [0.05, 0.1) is 17.3 Å². The van der Waals surface area contributed by atoms with Crippen LogP contribution in [0.5, 0.6) is 0 Å². The number of alkyl halides is 2. The highest BCUT2D eigenvalue weighted by Crippen LogP contribution is 2.37. The van der Waals surface area contributed by atoms with E-state index in [1.54, 1.807) is 22.6 Å². The molecule has 0 spiro atoms. The third kappa shape index (κ3) is 4.02. The number of nitriles is 1. The van der Waals surface area contributed by atoms with Crippen LogP contribution in [-0.4, -0.2) is 53.7 Å². The number of nitrogens with one attached hydrogen (secondary N) is 2. The quantitative estimate of drug-likeness (QED) is 0.534. The van der Waals surface area contributed by atoms with Crippen LogP contribution in [0, 0.1) is 11.3 Å². The summed E-state index contributed by atoms with van der Waals surface area (Å²) in [6, 6.07) is 7.32. The Hall–Kier alpha value is -3.08. The number of aromatic nitrogens is 3. The number of pyridine rings is 1. The molecule has 0 bridgehead atoms. The van der Waals surface area contributed by atoms with Crippen molar-refractivity contribution in [1.82, 2.24) is 24.6 Å². The number of hydrogen-bond acceptors (Lipinski definition) is 8. The Morgan fingerprint density at radius 3 is 2.59 bits per heavy atom. The fourth-order valence-corrected chi connectivity index (χ4v) is 5.76. The largest absolute Gasteiger partial charge is 0.414 e. The summed E-state index contributed by atoms with van der Waals surface area (Å²) in [6.07, 6.45) is -0.659. The van der Waals surface area contributed by atoms with Gasteiger partial charge < -0.3 is 19.0 Å². The van der Waals surface area contributed by atoms with Crippen LogP contribution < -0.4 is 14.9 Å². The van der Waals surface area contributed by atoms with Gasteiger partial charge in [0.25, 0.3) is 11.8 Å². The van der Waals surface area contributed by atoms with Crippen molar-refractivity contribution in [2.45, 2.75) is 55.6 Å². The van der Waals surface area contributed by atoms with E-state index in [1.807, 2.05) is 19.9 Å². The molecule has 13 heteroatoms. The predicted molar refractivity (Wildman–Crippen MR) is 122 cm³/mol. The van der Waals surface area contributed by atoms with Crippen LogP contribution in [0.4, 0.5) is 14.5 Å². The summed E-state index contributed by atoms with van der Waals surface area (Å²) < 4.78 is 61.7. The van der Waals surface area contributed by atoms with Crippen molar-refractivity contribution >= 4 is 21.2 Å². The van der Waals surface area contributed by atoms with Crippen molar-refractivity contribution in [3.8, 4) is 17.7 Å². The Balaban J connectivity index is 0.00000180. The molecule has 4 heterocycles. The number of rotatable bonds is 6. The lowest BCUT2D eigenvalue weighted by molar-refractivity contribution is 0.116. The van der Waals surface area contributed by atoms with Gasteiger partial charge in [0, 0.05) is 34.2 Å². The molecule has 2 fully saturated rings. The zero-order valence-electron chi connectivity index (χ0n) is 18.5. The second-order valence-corrected chi connectivity index (χ2v) is 10.6. The van der Waals surface area contributed by atoms with Gasteiger partial charge in [-0.15, -0.1) is 10.2 Å². The van der Waals surface area contributed by atoms with Crippen LogP contribution in [0.1, 0.15) is 41.9 Å². The third-order valence-electron chi connectivity index (χ3n) is 6.06. The zero-order valence-corrected chi connectivity index (χ0v) is 19.3. The number of nitrogens with zero attached hydrogens (tertiary/aromatic N) is 5. The molecule has 0 amide bonds. The summed E-state index contributed by atoms with van der Waals surface area (Å²) in [5.41, 5.74) is 0.507. The van der Waals surface area contributed by atoms with Gasteiger partial charge in [-0.3, -0.25) is 0 Å². The first kappa shape index (κ1) is 22.7. The molecule has 3 aromatic heterocycles. The highest BCUT2D eigenvalue weighted by atomic mass is 32.2. The summed E-state index contributed by atoms with van der Waals surface area (Å²) in [7, 11) is -4.05. The van der Waals surface area contributed by atoms with E-state index in [2.05, 4.69) is 25.1 Å². The number of sulfonamides is 1. The van der Waals surface area contributed by atoms with Gasteiger partial charge >= 0.3 is 6.43 Å². The standard InChI is InChI=1S/C21H23F2N7O3S.2H2/c1-12-8-29(9-13(2)25-12)17-7-14(34(31,32)28-21(11-24)5-6-21)10-30-15(17)3-4-16(30)19-26-27-20(33-19)18(22)23;;/h3-4,7,10,12-13,18,25,28H,5-6,8-9H2,1-2H3;2*1H/t12-,13-;;/m0../s1. The number of hydrogen-bond donors (Lipinski definition) is 2. The van der Waals surface area contributed by atoms with Crippen molar-refractivity contribution < 1.29 is 24.5 Å². The van der Waals surface area contributed by atoms with Crippen molar-refractivity contribution in [3.05, 3.63) is 30.3 Å². The zero-order chi connectivity index (χ0) is 24.3. The molecule has 5 rings (SSSR count). The molecule has 0 radical (unpaired) electrons. The van der Waals surface area contributed by atoms with E-state index in [0.29, 0.717) is 37.1 Å². The lowest BCUT2D eigenvalue weighted by Gasteiger charge is -2.38. The van der Waals surface area contributed by atoms with Crippen molar-refractivity contribution in [2.24, 2.45) is 0 Å². The molecular weight excluding hydrogens is 468 g/mol. The fourth-order valence-electron chi connectivity index (χ4n) is 4.37. The maximum Gasteiger partial charge on any atom is 0.314 e. The molecule has 184 valence electrons. The third-order valence-corrected chi connectivity index (χ3v) is 7.57. The van der Waals surface area contributed by atoms with Gasteiger partial charge in [0.2, 0.25) is 10.0 Å². The van der Waals surface area contributed by atoms with Crippen LogP contribution in [0.3, 0.4) is 0 Å². The SMILES string of the molecule is C[C@H]1CN(c2cc(S(=O)(=O)NC3(C#N)CC3)cn3c(-c4nnc(C(F)F)o4)ccc23)C[C@H](C)N1.[HH].[HH]. The molecule has 2 atom stereocenters. The highest BCUT2D eigenvalue weighted by molar-refractivity contribution is 7.89. The second kappa shape index (κ2) is 8.00. The topological polar surface area (TPSA) is 129 Å². The van der Waals surface area contributed by atoms with Gasteiger partial charge in [-0.05, 0) is 44.9 Å². The molecule has 2 aliphatic rings. The van der Waals surface area contributed by atoms with Gasteiger partial charge in [-0.2, -0.15) is 18.8 Å². The molecule has 3 aromatic rings. The van der Waals surface area contributed by atoms with Crippen LogP contribution >= 0.6 is 0 Å². The van der Waals surface area contributed by atoms with E-state index in [0.717, 1.165) is 0 Å². The normalized spacial score (nSPS) is 22.3. The van der Waals surface area contributed by atoms with Crippen molar-refractivity contribution in [1.29, 1.82) is 5.26 Å². The van der Waals surface area contributed by atoms with Crippen molar-refractivity contribution in [2.75, 3.05) is 18.0 Å². The first-order valence-electron chi connectivity index (χ1n) is 10.8. The van der Waals surface area contributed by atoms with Crippen LogP contribution in [-0.2, 0) is 10.0 Å². The Kier molecular flexibility index (Phi) is 5.34. The number of anilines is 1. The maximum atomic E-state index is 13.3. The van der Waals surface area contributed by atoms with Crippen LogP contribution in [0.25, 0.3) is 17.1 Å². The van der Waals surface area contributed by atoms with Crippen LogP contribution in [0.2, 0.25) is 0 Å². The van der Waals surface area contributed by atoms with Gasteiger partial charge in [-0.1, -0.05) is 0 Å². The lowest BCUT2D eigenvalue weighted by Crippen LogP contribution is -2.54. The molecule has 34 heavy (non-hydrogen) atoms. The highest BCUT2D eigenvalue weighted by Gasteiger charge is 2.47. The molecule has 0 unspecified atom stereocenters. The molecular formula is C21H27F2N7O3S. The molecule has 1 aliphatic heterocycles. The molecule has 2 N–H and O–H groups in total. The van der Waals surface area contributed by atoms with Gasteiger partial charge in [-0.25, -0.2) is 8.42 Å². The average molecular weight is 496 g/mol. The second-order valence-electron chi connectivity index (χ2n) is 8.95. The monoisotopic (exact) mass is 495 g/mol. The Morgan fingerprint density at radius 2 is 2.00 bits per heavy atom. The Labute approximate surface area is 197 Å². The van der Waals surface area contributed by atoms with Gasteiger partial charge in [0.1, 0.15) is 16.1 Å². The maximum absolute atomic E-state index is 13.3. The first-order chi connectivity index (χ1) is 16.1. The van der Waals surface area contributed by atoms with Gasteiger partial charge in [0.15, 0.2) is 0 Å². The molecule has 10 nitrogen and oxygen atoms in total. The average Bonchev–Trinajstić information content (AvgIpc) is 3.18. The fraction of sp³-hybridized carbons (Fsp3) is 0.476. The Morgan fingerprint density at radius 1 is 1.29 bits per heavy atom. The van der Waals surface area contributed by atoms with E-state index in [4.69, 9.17) is 4.42 Å². The van der Waals surface area contributed by atoms with E-state index < -0.39 is 27.9 Å². The summed E-state index contributed by atoms with van der Waals surface area (Å²) in [4.78, 5) is 2.03. The van der Waals surface area contributed by atoms with Crippen molar-refractivity contribution in [3.63, 3.8) is 0 Å². The van der Waals surface area contributed by atoms with Crippen LogP contribution in [0.15, 0.2) is 33.7 Å². The molecule has 1 aliphatic carbocycles. The minimum Gasteiger partial charge on any atom is -0.414 e. The summed E-state index contributed by atoms with van der Waals surface area (Å²) in [5.74, 6) is -0.966. The molecule has 0 aromatic carbocycles. The molecule has 1 saturated carbocycles. The van der Waals surface area contributed by atoms with E-state index in [9.17, 15) is 22.5 Å². The first-order valence-corrected chi connectivity index (χ1v) is 12.3. The number of halogens is 2.